The number of amides is 1. The van der Waals surface area contributed by atoms with E-state index in [1.165, 1.54) is 28.7 Å². The smallest absolute Gasteiger partial charge is 0.262 e. The van der Waals surface area contributed by atoms with E-state index in [1.54, 1.807) is 6.07 Å². The van der Waals surface area contributed by atoms with E-state index in [4.69, 9.17) is 0 Å². The molecule has 2 atom stereocenters. The lowest BCUT2D eigenvalue weighted by Gasteiger charge is -2.06. The van der Waals surface area contributed by atoms with Crippen molar-refractivity contribution < 1.29 is 4.79 Å². The summed E-state index contributed by atoms with van der Waals surface area (Å²) in [4.78, 5) is 28.8. The van der Waals surface area contributed by atoms with Gasteiger partial charge < -0.3 is 5.32 Å². The lowest BCUT2D eigenvalue weighted by Crippen LogP contribution is -2.29. The van der Waals surface area contributed by atoms with Crippen molar-refractivity contribution >= 4 is 27.5 Å². The zero-order valence-electron chi connectivity index (χ0n) is 11.3. The van der Waals surface area contributed by atoms with Gasteiger partial charge in [-0.15, -0.1) is 11.3 Å². The number of fused-ring (bicyclic) bond motifs is 1. The summed E-state index contributed by atoms with van der Waals surface area (Å²) in [7, 11) is 0. The maximum atomic E-state index is 12.1. The minimum Gasteiger partial charge on any atom is -0.356 e. The summed E-state index contributed by atoms with van der Waals surface area (Å²) in [5.41, 5.74) is -0.0696. The summed E-state index contributed by atoms with van der Waals surface area (Å²) in [6.45, 7) is 3.33. The average molecular weight is 291 g/mol. The molecule has 1 aliphatic carbocycles. The molecule has 1 aliphatic rings. The van der Waals surface area contributed by atoms with Crippen LogP contribution in [-0.2, 0) is 11.3 Å². The number of nitrogens with one attached hydrogen (secondary N) is 1. The van der Waals surface area contributed by atoms with Crippen molar-refractivity contribution in [2.75, 3.05) is 6.54 Å². The molecule has 20 heavy (non-hydrogen) atoms. The lowest BCUT2D eigenvalue weighted by molar-refractivity contribution is -0.121. The number of aromatic nitrogens is 2. The molecule has 3 rings (SSSR count). The summed E-state index contributed by atoms with van der Waals surface area (Å²) in [5, 5.41) is 5.41. The van der Waals surface area contributed by atoms with Crippen molar-refractivity contribution in [3.8, 4) is 0 Å². The Balaban J connectivity index is 1.57. The Labute approximate surface area is 120 Å². The Morgan fingerprint density at radius 1 is 1.60 bits per heavy atom. The number of thiophene rings is 1. The SMILES string of the molecule is C[C@@H]1C[C@@H]1CNC(=O)CCn1cnc2sccc2c1=O. The van der Waals surface area contributed by atoms with Crippen LogP contribution in [0, 0.1) is 11.8 Å². The number of rotatable bonds is 5. The first-order chi connectivity index (χ1) is 9.65. The summed E-state index contributed by atoms with van der Waals surface area (Å²) in [5.74, 6) is 1.38. The molecule has 0 aromatic carbocycles. The number of nitrogens with zero attached hydrogens (tertiary/aromatic N) is 2. The van der Waals surface area contributed by atoms with Crippen molar-refractivity contribution in [2.45, 2.75) is 26.3 Å². The van der Waals surface area contributed by atoms with Crippen LogP contribution in [0.3, 0.4) is 0 Å². The van der Waals surface area contributed by atoms with E-state index in [-0.39, 0.29) is 11.5 Å². The van der Waals surface area contributed by atoms with Gasteiger partial charge in [-0.2, -0.15) is 0 Å². The molecule has 2 aromatic rings. The molecule has 6 heteroatoms. The Kier molecular flexibility index (Phi) is 3.56. The van der Waals surface area contributed by atoms with E-state index in [0.29, 0.717) is 24.3 Å². The van der Waals surface area contributed by atoms with E-state index in [0.717, 1.165) is 17.3 Å². The quantitative estimate of drug-likeness (QED) is 0.910. The minimum atomic E-state index is -0.0696. The monoisotopic (exact) mass is 291 g/mol. The first-order valence-electron chi connectivity index (χ1n) is 6.84. The highest BCUT2D eigenvalue weighted by molar-refractivity contribution is 7.16. The van der Waals surface area contributed by atoms with Crippen LogP contribution in [0.4, 0.5) is 0 Å². The molecule has 2 heterocycles. The van der Waals surface area contributed by atoms with E-state index in [9.17, 15) is 9.59 Å². The molecule has 1 N–H and O–H groups in total. The highest BCUT2D eigenvalue weighted by atomic mass is 32.1. The molecule has 1 fully saturated rings. The van der Waals surface area contributed by atoms with Crippen molar-refractivity contribution in [2.24, 2.45) is 11.8 Å². The van der Waals surface area contributed by atoms with Gasteiger partial charge in [0.15, 0.2) is 0 Å². The summed E-state index contributed by atoms with van der Waals surface area (Å²) in [6.07, 6.45) is 3.05. The molecular formula is C14H17N3O2S. The van der Waals surface area contributed by atoms with Crippen molar-refractivity contribution in [1.82, 2.24) is 14.9 Å². The third kappa shape index (κ3) is 2.75. The summed E-state index contributed by atoms with van der Waals surface area (Å²) >= 11 is 1.45. The molecule has 0 aliphatic heterocycles. The van der Waals surface area contributed by atoms with E-state index in [2.05, 4.69) is 17.2 Å². The molecule has 0 radical (unpaired) electrons. The maximum Gasteiger partial charge on any atom is 0.262 e. The Morgan fingerprint density at radius 3 is 3.15 bits per heavy atom. The maximum absolute atomic E-state index is 12.1. The molecule has 0 spiro atoms. The highest BCUT2D eigenvalue weighted by Crippen LogP contribution is 2.36. The zero-order chi connectivity index (χ0) is 14.1. The van der Waals surface area contributed by atoms with Crippen LogP contribution in [0.15, 0.2) is 22.6 Å². The third-order valence-electron chi connectivity index (χ3n) is 3.87. The number of carbonyl (C=O) groups is 1. The van der Waals surface area contributed by atoms with E-state index < -0.39 is 0 Å². The topological polar surface area (TPSA) is 64.0 Å². The van der Waals surface area contributed by atoms with Crippen LogP contribution in [0.2, 0.25) is 0 Å². The van der Waals surface area contributed by atoms with Crippen LogP contribution in [0.25, 0.3) is 10.2 Å². The second-order valence-electron chi connectivity index (χ2n) is 5.41. The molecule has 1 amide bonds. The highest BCUT2D eigenvalue weighted by Gasteiger charge is 2.32. The van der Waals surface area contributed by atoms with Crippen molar-refractivity contribution in [3.63, 3.8) is 0 Å². The average Bonchev–Trinajstić information content (AvgIpc) is 2.94. The van der Waals surface area contributed by atoms with Crippen LogP contribution in [0.5, 0.6) is 0 Å². The van der Waals surface area contributed by atoms with Gasteiger partial charge in [0, 0.05) is 19.5 Å². The van der Waals surface area contributed by atoms with Gasteiger partial charge in [0.05, 0.1) is 11.7 Å². The molecule has 5 nitrogen and oxygen atoms in total. The molecular weight excluding hydrogens is 274 g/mol. The zero-order valence-corrected chi connectivity index (χ0v) is 12.2. The lowest BCUT2D eigenvalue weighted by atomic mass is 10.3. The van der Waals surface area contributed by atoms with Gasteiger partial charge in [-0.3, -0.25) is 14.2 Å². The van der Waals surface area contributed by atoms with Crippen LogP contribution in [-0.4, -0.2) is 22.0 Å². The molecule has 1 saturated carbocycles. The van der Waals surface area contributed by atoms with E-state index in [1.807, 2.05) is 5.38 Å². The second-order valence-corrected chi connectivity index (χ2v) is 6.30. The van der Waals surface area contributed by atoms with E-state index >= 15 is 0 Å². The van der Waals surface area contributed by atoms with Crippen molar-refractivity contribution in [3.05, 3.63) is 28.1 Å². The van der Waals surface area contributed by atoms with Gasteiger partial charge in [-0.1, -0.05) is 6.92 Å². The predicted octanol–water partition coefficient (Wildman–Crippen LogP) is 1.62. The Hall–Kier alpha value is -1.69. The fraction of sp³-hybridized carbons (Fsp3) is 0.500. The number of hydrogen-bond acceptors (Lipinski definition) is 4. The summed E-state index contributed by atoms with van der Waals surface area (Å²) < 4.78 is 1.51. The van der Waals surface area contributed by atoms with Gasteiger partial charge in [-0.05, 0) is 29.7 Å². The molecule has 0 unspecified atom stereocenters. The Morgan fingerprint density at radius 2 is 2.40 bits per heavy atom. The van der Waals surface area contributed by atoms with Crippen LogP contribution < -0.4 is 10.9 Å². The van der Waals surface area contributed by atoms with Gasteiger partial charge in [0.25, 0.3) is 5.56 Å². The van der Waals surface area contributed by atoms with Crippen molar-refractivity contribution in [1.29, 1.82) is 0 Å². The predicted molar refractivity (Wildman–Crippen MR) is 78.8 cm³/mol. The van der Waals surface area contributed by atoms with Gasteiger partial charge in [-0.25, -0.2) is 4.98 Å². The number of aryl methyl sites for hydroxylation is 1. The van der Waals surface area contributed by atoms with Crippen LogP contribution in [0.1, 0.15) is 19.8 Å². The Bertz CT molecular complexity index is 691. The first-order valence-corrected chi connectivity index (χ1v) is 7.72. The molecule has 0 saturated heterocycles. The number of hydrogen-bond donors (Lipinski definition) is 1. The largest absolute Gasteiger partial charge is 0.356 e. The standard InChI is InChI=1S/C14H17N3O2S/c1-9-6-10(9)7-15-12(18)2-4-17-8-16-13-11(14(17)19)3-5-20-13/h3,5,8-10H,2,4,6-7H2,1H3,(H,15,18)/t9-,10-/m1/s1. The number of carbonyl (C=O) groups excluding carboxylic acids is 1. The molecule has 0 bridgehead atoms. The second kappa shape index (κ2) is 5.36. The van der Waals surface area contributed by atoms with Gasteiger partial charge >= 0.3 is 0 Å². The molecule has 106 valence electrons. The normalized spacial score (nSPS) is 21.1. The molecule has 2 aromatic heterocycles. The third-order valence-corrected chi connectivity index (χ3v) is 4.69. The first kappa shape index (κ1) is 13.3. The van der Waals surface area contributed by atoms with Crippen LogP contribution >= 0.6 is 11.3 Å². The van der Waals surface area contributed by atoms with Gasteiger partial charge in [0.1, 0.15) is 4.83 Å². The fourth-order valence-corrected chi connectivity index (χ4v) is 3.01. The minimum absolute atomic E-state index is 0.00131. The fourth-order valence-electron chi connectivity index (χ4n) is 2.29. The summed E-state index contributed by atoms with van der Waals surface area (Å²) in [6, 6.07) is 1.78. The van der Waals surface area contributed by atoms with Gasteiger partial charge in [0.2, 0.25) is 5.91 Å².